The Morgan fingerprint density at radius 3 is 2.43 bits per heavy atom. The zero-order valence-electron chi connectivity index (χ0n) is 7.24. The van der Waals surface area contributed by atoms with Gasteiger partial charge >= 0.3 is 19.8 Å². The van der Waals surface area contributed by atoms with Gasteiger partial charge in [0.1, 0.15) is 6.04 Å². The Balaban J connectivity index is 4.05. The van der Waals surface area contributed by atoms with Gasteiger partial charge in [-0.15, -0.1) is 0 Å². The number of carbonyl (C=O) groups excluding carboxylic acids is 1. The fourth-order valence-electron chi connectivity index (χ4n) is 0.435. The summed E-state index contributed by atoms with van der Waals surface area (Å²) in [5.41, 5.74) is 4.96. The molecule has 1 unspecified atom stereocenters. The molecule has 4 N–H and O–H groups in total. The minimum atomic E-state index is -4.54. The Hall–Kier alpha value is -0.950. The van der Waals surface area contributed by atoms with E-state index in [9.17, 15) is 14.2 Å². The molecule has 0 aromatic rings. The van der Waals surface area contributed by atoms with E-state index in [2.05, 4.69) is 9.05 Å². The molecule has 0 spiro atoms. The molecule has 0 heterocycles. The third-order valence-electron chi connectivity index (χ3n) is 0.978. The molecule has 0 saturated carbocycles. The number of hydrogen-bond donors (Lipinski definition) is 3. The third kappa shape index (κ3) is 5.65. The van der Waals surface area contributed by atoms with Gasteiger partial charge in [0.25, 0.3) is 0 Å². The smallest absolute Gasteiger partial charge is 0.480 e. The van der Waals surface area contributed by atoms with Gasteiger partial charge in [-0.2, -0.15) is 0 Å². The van der Waals surface area contributed by atoms with Crippen LogP contribution in [0, 0.1) is 0 Å². The number of aliphatic carboxylic acids is 1. The molecule has 14 heavy (non-hydrogen) atoms. The lowest BCUT2D eigenvalue weighted by molar-refractivity contribution is -0.139. The van der Waals surface area contributed by atoms with Crippen molar-refractivity contribution >= 4 is 19.8 Å². The summed E-state index contributed by atoms with van der Waals surface area (Å²) < 4.78 is 18.8. The van der Waals surface area contributed by atoms with Crippen LogP contribution in [0.4, 0.5) is 0 Å². The van der Waals surface area contributed by atoms with Crippen molar-refractivity contribution in [1.29, 1.82) is 0 Å². The first-order chi connectivity index (χ1) is 6.24. The fraction of sp³-hybridized carbons (Fsp3) is 0.600. The van der Waals surface area contributed by atoms with E-state index < -0.39 is 32.4 Å². The number of nitrogens with two attached hydrogens (primary N) is 1. The SMILES string of the molecule is CC(=O)OP(=O)(O)OC[C@H](N)C(=O)O. The summed E-state index contributed by atoms with van der Waals surface area (Å²) in [6.07, 6.45) is 0. The van der Waals surface area contributed by atoms with Crippen LogP contribution in [0.5, 0.6) is 0 Å². The monoisotopic (exact) mass is 227 g/mol. The van der Waals surface area contributed by atoms with Gasteiger partial charge in [0.05, 0.1) is 6.61 Å². The summed E-state index contributed by atoms with van der Waals surface area (Å²) in [6.45, 7) is 0.180. The molecule has 8 nitrogen and oxygen atoms in total. The molecule has 0 rings (SSSR count). The highest BCUT2D eigenvalue weighted by atomic mass is 31.2. The maximum Gasteiger partial charge on any atom is 0.529 e. The van der Waals surface area contributed by atoms with Crippen molar-refractivity contribution in [3.8, 4) is 0 Å². The number of hydrogen-bond acceptors (Lipinski definition) is 6. The van der Waals surface area contributed by atoms with Crippen molar-refractivity contribution < 1.29 is 33.2 Å². The van der Waals surface area contributed by atoms with Crippen LogP contribution < -0.4 is 5.73 Å². The second kappa shape index (κ2) is 5.06. The Kier molecular flexibility index (Phi) is 4.72. The highest BCUT2D eigenvalue weighted by Crippen LogP contribution is 2.43. The molecule has 0 aliphatic heterocycles. The Morgan fingerprint density at radius 2 is 2.07 bits per heavy atom. The largest absolute Gasteiger partial charge is 0.529 e. The van der Waals surface area contributed by atoms with Crippen LogP contribution in [0.25, 0.3) is 0 Å². The van der Waals surface area contributed by atoms with E-state index in [0.29, 0.717) is 0 Å². The molecule has 0 aromatic carbocycles. The topological polar surface area (TPSA) is 136 Å². The van der Waals surface area contributed by atoms with Crippen LogP contribution in [0.1, 0.15) is 6.92 Å². The number of carboxylic acids is 1. The summed E-state index contributed by atoms with van der Waals surface area (Å²) in [7, 11) is -4.54. The van der Waals surface area contributed by atoms with Crippen molar-refractivity contribution in [2.24, 2.45) is 5.73 Å². The first-order valence-electron chi connectivity index (χ1n) is 3.40. The highest BCUT2D eigenvalue weighted by Gasteiger charge is 2.26. The zero-order valence-corrected chi connectivity index (χ0v) is 8.14. The predicted octanol–water partition coefficient (Wildman–Crippen LogP) is -0.922. The number of carboxylic acid groups (broad SMARTS) is 1. The van der Waals surface area contributed by atoms with Gasteiger partial charge in [0, 0.05) is 6.92 Å². The van der Waals surface area contributed by atoms with Gasteiger partial charge in [-0.05, 0) is 0 Å². The maximum absolute atomic E-state index is 10.8. The van der Waals surface area contributed by atoms with Crippen LogP contribution in [0.3, 0.4) is 0 Å². The Bertz CT molecular complexity index is 277. The molecular formula is C5H10NO7P. The number of phosphoric acid groups is 1. The fourth-order valence-corrected chi connectivity index (χ4v) is 1.16. The summed E-state index contributed by atoms with van der Waals surface area (Å²) in [5, 5.41) is 8.28. The average molecular weight is 227 g/mol. The Morgan fingerprint density at radius 1 is 1.57 bits per heavy atom. The van der Waals surface area contributed by atoms with Crippen LogP contribution >= 0.6 is 7.82 Å². The zero-order chi connectivity index (χ0) is 11.4. The molecule has 0 saturated heterocycles. The first kappa shape index (κ1) is 13.1. The van der Waals surface area contributed by atoms with Crippen molar-refractivity contribution in [2.45, 2.75) is 13.0 Å². The van der Waals surface area contributed by atoms with Crippen LogP contribution in [0.2, 0.25) is 0 Å². The van der Waals surface area contributed by atoms with E-state index in [0.717, 1.165) is 6.92 Å². The molecule has 0 aliphatic carbocycles. The minimum absolute atomic E-state index is 0.726. The number of rotatable bonds is 5. The van der Waals surface area contributed by atoms with Crippen molar-refractivity contribution in [2.75, 3.05) is 6.61 Å². The van der Waals surface area contributed by atoms with Gasteiger partial charge in [0.15, 0.2) is 0 Å². The van der Waals surface area contributed by atoms with E-state index >= 15 is 0 Å². The van der Waals surface area contributed by atoms with E-state index in [4.69, 9.17) is 15.7 Å². The molecule has 0 aromatic heterocycles. The van der Waals surface area contributed by atoms with E-state index in [1.165, 1.54) is 0 Å². The van der Waals surface area contributed by atoms with E-state index in [1.54, 1.807) is 0 Å². The highest BCUT2D eigenvalue weighted by molar-refractivity contribution is 7.48. The normalized spacial score (nSPS) is 16.8. The van der Waals surface area contributed by atoms with Crippen molar-refractivity contribution in [3.63, 3.8) is 0 Å². The van der Waals surface area contributed by atoms with E-state index in [1.807, 2.05) is 0 Å². The standard InChI is InChI=1S/C5H10NO7P/c1-3(7)13-14(10,11)12-2-4(6)5(8)9/h4H,2,6H2,1H3,(H,8,9)(H,10,11)/t4-/m0/s1. The summed E-state index contributed by atoms with van der Waals surface area (Å²) in [6, 6.07) is -1.45. The van der Waals surface area contributed by atoms with Crippen molar-refractivity contribution in [1.82, 2.24) is 0 Å². The van der Waals surface area contributed by atoms with Gasteiger partial charge in [-0.25, -0.2) is 4.57 Å². The number of carbonyl (C=O) groups is 2. The van der Waals surface area contributed by atoms with E-state index in [-0.39, 0.29) is 0 Å². The molecule has 0 amide bonds. The lowest BCUT2D eigenvalue weighted by atomic mass is 10.3. The van der Waals surface area contributed by atoms with Gasteiger partial charge in [-0.3, -0.25) is 19.0 Å². The molecule has 0 radical (unpaired) electrons. The molecule has 82 valence electrons. The predicted molar refractivity (Wildman–Crippen MR) is 43.2 cm³/mol. The van der Waals surface area contributed by atoms with Gasteiger partial charge in [-0.1, -0.05) is 0 Å². The second-order valence-electron chi connectivity index (χ2n) is 2.29. The lowest BCUT2D eigenvalue weighted by Crippen LogP contribution is -2.34. The van der Waals surface area contributed by atoms with Crippen LogP contribution in [-0.4, -0.2) is 34.6 Å². The molecule has 2 atom stereocenters. The second-order valence-corrected chi connectivity index (χ2v) is 3.67. The van der Waals surface area contributed by atoms with Crippen molar-refractivity contribution in [3.05, 3.63) is 0 Å². The lowest BCUT2D eigenvalue weighted by Gasteiger charge is -2.11. The maximum atomic E-state index is 10.8. The quantitative estimate of drug-likeness (QED) is 0.513. The Labute approximate surface area is 79.2 Å². The summed E-state index contributed by atoms with van der Waals surface area (Å²) in [5.74, 6) is -2.41. The van der Waals surface area contributed by atoms with Crippen LogP contribution in [0.15, 0.2) is 0 Å². The first-order valence-corrected chi connectivity index (χ1v) is 4.90. The number of phosphoric ester groups is 1. The molecular weight excluding hydrogens is 217 g/mol. The average Bonchev–Trinajstić information content (AvgIpc) is 1.97. The third-order valence-corrected chi connectivity index (χ3v) is 1.94. The molecule has 0 fully saturated rings. The molecule has 9 heteroatoms. The minimum Gasteiger partial charge on any atom is -0.480 e. The van der Waals surface area contributed by atoms with Gasteiger partial charge < -0.3 is 15.4 Å². The molecule has 0 bridgehead atoms. The molecule has 0 aliphatic rings. The summed E-state index contributed by atoms with van der Waals surface area (Å²) >= 11 is 0. The van der Waals surface area contributed by atoms with Gasteiger partial charge in [0.2, 0.25) is 0 Å². The van der Waals surface area contributed by atoms with Crippen LogP contribution in [-0.2, 0) is 23.2 Å². The summed E-state index contributed by atoms with van der Waals surface area (Å²) in [4.78, 5) is 29.2.